The Morgan fingerprint density at radius 1 is 0.750 bits per heavy atom. The highest BCUT2D eigenvalue weighted by Gasteiger charge is 2.03. The van der Waals surface area contributed by atoms with E-state index in [1.807, 2.05) is 26.0 Å². The fourth-order valence-corrected chi connectivity index (χ4v) is 0.763. The first-order chi connectivity index (χ1) is 7.31. The van der Waals surface area contributed by atoms with Crippen molar-refractivity contribution in [3.63, 3.8) is 0 Å². The lowest BCUT2D eigenvalue weighted by atomic mass is 10.1. The number of alkyl halides is 3. The van der Waals surface area contributed by atoms with Crippen molar-refractivity contribution in [1.29, 1.82) is 0 Å². The standard InChI is InChI=1S/C7H13F.C6H10F2/c1-4-5-6(2)7(3)8;1-5(7)3-4-6(2)8/h4-7H,1-3H3;3-6H,1-2H3. The van der Waals surface area contributed by atoms with Crippen LogP contribution < -0.4 is 0 Å². The Morgan fingerprint density at radius 2 is 1.12 bits per heavy atom. The van der Waals surface area contributed by atoms with Crippen molar-refractivity contribution >= 4 is 0 Å². The molecule has 96 valence electrons. The second-order valence-corrected chi connectivity index (χ2v) is 3.80. The van der Waals surface area contributed by atoms with E-state index in [9.17, 15) is 13.2 Å². The molecule has 0 radical (unpaired) electrons. The summed E-state index contributed by atoms with van der Waals surface area (Å²) in [6.07, 6.45) is 3.36. The number of allylic oxidation sites excluding steroid dienone is 4. The highest BCUT2D eigenvalue weighted by atomic mass is 19.1. The van der Waals surface area contributed by atoms with E-state index < -0.39 is 18.5 Å². The van der Waals surface area contributed by atoms with Gasteiger partial charge in [0.15, 0.2) is 0 Å². The third-order valence-corrected chi connectivity index (χ3v) is 1.86. The zero-order valence-electron chi connectivity index (χ0n) is 10.8. The number of rotatable bonds is 4. The number of hydrogen-bond acceptors (Lipinski definition) is 0. The molecule has 0 saturated heterocycles. The molecule has 0 heterocycles. The summed E-state index contributed by atoms with van der Waals surface area (Å²) < 4.78 is 35.8. The van der Waals surface area contributed by atoms with E-state index in [0.29, 0.717) is 0 Å². The van der Waals surface area contributed by atoms with E-state index in [-0.39, 0.29) is 5.92 Å². The molecule has 0 bridgehead atoms. The summed E-state index contributed by atoms with van der Waals surface area (Å²) in [5.74, 6) is 0.0694. The van der Waals surface area contributed by atoms with Crippen molar-refractivity contribution < 1.29 is 13.2 Å². The topological polar surface area (TPSA) is 0 Å². The van der Waals surface area contributed by atoms with Gasteiger partial charge in [0.2, 0.25) is 0 Å². The fourth-order valence-electron chi connectivity index (χ4n) is 0.763. The van der Waals surface area contributed by atoms with Crippen LogP contribution in [-0.4, -0.2) is 18.5 Å². The number of hydrogen-bond donors (Lipinski definition) is 0. The Labute approximate surface area is 97.2 Å². The molecule has 0 amide bonds. The third kappa shape index (κ3) is 15.7. The summed E-state index contributed by atoms with van der Waals surface area (Å²) in [4.78, 5) is 0. The van der Waals surface area contributed by atoms with Crippen molar-refractivity contribution in [2.24, 2.45) is 5.92 Å². The quantitative estimate of drug-likeness (QED) is 0.614. The van der Waals surface area contributed by atoms with Gasteiger partial charge in [0.25, 0.3) is 0 Å². The average Bonchev–Trinajstić information content (AvgIpc) is 2.16. The van der Waals surface area contributed by atoms with Crippen molar-refractivity contribution in [2.75, 3.05) is 0 Å². The predicted molar refractivity (Wildman–Crippen MR) is 64.8 cm³/mol. The van der Waals surface area contributed by atoms with Crippen molar-refractivity contribution in [3.05, 3.63) is 24.3 Å². The van der Waals surface area contributed by atoms with E-state index in [1.54, 1.807) is 6.92 Å². The van der Waals surface area contributed by atoms with Gasteiger partial charge in [-0.1, -0.05) is 31.2 Å². The molecule has 16 heavy (non-hydrogen) atoms. The molecule has 0 saturated carbocycles. The second kappa shape index (κ2) is 10.8. The van der Waals surface area contributed by atoms with E-state index in [1.165, 1.54) is 26.0 Å². The van der Waals surface area contributed by atoms with Gasteiger partial charge in [0, 0.05) is 5.92 Å². The molecule has 0 aliphatic rings. The first-order valence-electron chi connectivity index (χ1n) is 5.54. The minimum absolute atomic E-state index is 0.0694. The van der Waals surface area contributed by atoms with E-state index in [0.717, 1.165) is 0 Å². The summed E-state index contributed by atoms with van der Waals surface area (Å²) in [6.45, 7) is 8.06. The van der Waals surface area contributed by atoms with Crippen LogP contribution in [0.2, 0.25) is 0 Å². The van der Waals surface area contributed by atoms with Crippen LogP contribution in [0.5, 0.6) is 0 Å². The fraction of sp³-hybridized carbons (Fsp3) is 0.692. The zero-order valence-corrected chi connectivity index (χ0v) is 10.8. The zero-order chi connectivity index (χ0) is 13.1. The van der Waals surface area contributed by atoms with Crippen LogP contribution in [0.4, 0.5) is 13.2 Å². The van der Waals surface area contributed by atoms with Gasteiger partial charge < -0.3 is 0 Å². The Balaban J connectivity index is 0. The molecule has 0 aliphatic carbocycles. The lowest BCUT2D eigenvalue weighted by Gasteiger charge is -2.04. The summed E-state index contributed by atoms with van der Waals surface area (Å²) in [7, 11) is 0. The normalized spacial score (nSPS) is 19.0. The summed E-state index contributed by atoms with van der Waals surface area (Å²) in [5.41, 5.74) is 0. The Bertz CT molecular complexity index is 183. The molecule has 0 fully saturated rings. The van der Waals surface area contributed by atoms with Gasteiger partial charge in [-0.3, -0.25) is 0 Å². The molecular weight excluding hydrogens is 213 g/mol. The molecule has 0 aliphatic heterocycles. The lowest BCUT2D eigenvalue weighted by molar-refractivity contribution is 0.300. The van der Waals surface area contributed by atoms with Crippen molar-refractivity contribution in [3.8, 4) is 0 Å². The van der Waals surface area contributed by atoms with E-state index in [2.05, 4.69) is 0 Å². The summed E-state index contributed by atoms with van der Waals surface area (Å²) in [6, 6.07) is 0. The molecule has 0 aromatic heterocycles. The van der Waals surface area contributed by atoms with Crippen LogP contribution in [0.15, 0.2) is 24.3 Å². The van der Waals surface area contributed by atoms with Crippen LogP contribution in [0.25, 0.3) is 0 Å². The third-order valence-electron chi connectivity index (χ3n) is 1.86. The maximum Gasteiger partial charge on any atom is 0.116 e. The smallest absolute Gasteiger partial charge is 0.116 e. The molecule has 0 nitrogen and oxygen atoms in total. The molecule has 0 N–H and O–H groups in total. The van der Waals surface area contributed by atoms with Crippen LogP contribution in [0.1, 0.15) is 34.6 Å². The summed E-state index contributed by atoms with van der Waals surface area (Å²) in [5, 5.41) is 0. The Hall–Kier alpha value is -0.730. The minimum atomic E-state index is -1.03. The van der Waals surface area contributed by atoms with Crippen LogP contribution in [0.3, 0.4) is 0 Å². The van der Waals surface area contributed by atoms with Gasteiger partial charge in [0.05, 0.1) is 0 Å². The Morgan fingerprint density at radius 3 is 1.25 bits per heavy atom. The first kappa shape index (κ1) is 17.7. The minimum Gasteiger partial charge on any atom is -0.247 e. The molecule has 0 aromatic carbocycles. The molecule has 4 atom stereocenters. The Kier molecular flexibility index (Phi) is 11.9. The summed E-state index contributed by atoms with van der Waals surface area (Å²) >= 11 is 0. The van der Waals surface area contributed by atoms with Gasteiger partial charge in [-0.25, -0.2) is 13.2 Å². The van der Waals surface area contributed by atoms with Gasteiger partial charge in [-0.15, -0.1) is 0 Å². The van der Waals surface area contributed by atoms with Gasteiger partial charge in [0.1, 0.15) is 18.5 Å². The molecule has 3 heteroatoms. The average molecular weight is 236 g/mol. The van der Waals surface area contributed by atoms with Crippen molar-refractivity contribution in [1.82, 2.24) is 0 Å². The number of halogens is 3. The van der Waals surface area contributed by atoms with Crippen LogP contribution in [0, 0.1) is 5.92 Å². The van der Waals surface area contributed by atoms with Gasteiger partial charge in [-0.05, 0) is 27.7 Å². The predicted octanol–water partition coefficient (Wildman–Crippen LogP) is 4.82. The van der Waals surface area contributed by atoms with Crippen LogP contribution >= 0.6 is 0 Å². The monoisotopic (exact) mass is 236 g/mol. The first-order valence-corrected chi connectivity index (χ1v) is 5.54. The lowest BCUT2D eigenvalue weighted by Crippen LogP contribution is -2.03. The van der Waals surface area contributed by atoms with E-state index in [4.69, 9.17) is 0 Å². The molecule has 4 unspecified atom stereocenters. The second-order valence-electron chi connectivity index (χ2n) is 3.80. The highest BCUT2D eigenvalue weighted by molar-refractivity contribution is 4.90. The van der Waals surface area contributed by atoms with Crippen molar-refractivity contribution in [2.45, 2.75) is 53.1 Å². The largest absolute Gasteiger partial charge is 0.247 e. The molecule has 0 aromatic rings. The SMILES string of the molecule is CC(F)C=CC(C)F.CC=CC(C)C(C)F. The van der Waals surface area contributed by atoms with Gasteiger partial charge in [-0.2, -0.15) is 0 Å². The maximum atomic E-state index is 12.2. The maximum absolute atomic E-state index is 12.2. The molecule has 0 spiro atoms. The van der Waals surface area contributed by atoms with Crippen LogP contribution in [-0.2, 0) is 0 Å². The van der Waals surface area contributed by atoms with Gasteiger partial charge >= 0.3 is 0 Å². The molecule has 0 rings (SSSR count). The highest BCUT2D eigenvalue weighted by Crippen LogP contribution is 2.06. The molecular formula is C13H23F3. The van der Waals surface area contributed by atoms with E-state index >= 15 is 0 Å².